The lowest BCUT2D eigenvalue weighted by atomic mass is 9.90. The molecule has 0 aliphatic rings. The molecule has 0 aliphatic carbocycles. The third-order valence-electron chi connectivity index (χ3n) is 5.21. The summed E-state index contributed by atoms with van der Waals surface area (Å²) < 4.78 is 5.95. The Hall–Kier alpha value is -4.10. The minimum Gasteiger partial charge on any atom is -0.489 e. The molecule has 2 N–H and O–H groups in total. The van der Waals surface area contributed by atoms with E-state index in [1.54, 1.807) is 0 Å². The van der Waals surface area contributed by atoms with Gasteiger partial charge in [0.1, 0.15) is 29.8 Å². The van der Waals surface area contributed by atoms with Crippen LogP contribution in [0.25, 0.3) is 22.3 Å². The van der Waals surface area contributed by atoms with E-state index in [1.807, 2.05) is 67.6 Å². The predicted molar refractivity (Wildman–Crippen MR) is 124 cm³/mol. The molecule has 4 nitrogen and oxygen atoms in total. The fraction of sp³-hybridized carbons (Fsp3) is 0.111. The van der Waals surface area contributed by atoms with Gasteiger partial charge in [0.2, 0.25) is 0 Å². The highest BCUT2D eigenvalue weighted by Gasteiger charge is 2.19. The summed E-state index contributed by atoms with van der Waals surface area (Å²) in [7, 11) is 0. The summed E-state index contributed by atoms with van der Waals surface area (Å²) in [6.45, 7) is 4.49. The van der Waals surface area contributed by atoms with Crippen molar-refractivity contribution in [2.45, 2.75) is 20.5 Å². The lowest BCUT2D eigenvalue weighted by molar-refractivity contribution is 0.306. The zero-order chi connectivity index (χ0) is 21.8. The van der Waals surface area contributed by atoms with Crippen molar-refractivity contribution >= 4 is 5.82 Å². The number of hydrogen-bond acceptors (Lipinski definition) is 4. The molecule has 0 unspecified atom stereocenters. The molecule has 0 atom stereocenters. The molecule has 1 aromatic heterocycles. The number of hydrogen-bond donors (Lipinski definition) is 1. The fourth-order valence-corrected chi connectivity index (χ4v) is 3.77. The van der Waals surface area contributed by atoms with Crippen LogP contribution in [-0.2, 0) is 6.61 Å². The van der Waals surface area contributed by atoms with E-state index in [1.165, 1.54) is 5.56 Å². The SMILES string of the molecule is Cc1cccc(COc2ccc(-c3c(C#N)c(N)nc(C)c3-c3ccccc3)cc2)c1. The molecule has 31 heavy (non-hydrogen) atoms. The molecule has 3 aromatic carbocycles. The van der Waals surface area contributed by atoms with E-state index < -0.39 is 0 Å². The lowest BCUT2D eigenvalue weighted by Crippen LogP contribution is -2.03. The van der Waals surface area contributed by atoms with Gasteiger partial charge in [-0.2, -0.15) is 5.26 Å². The quantitative estimate of drug-likeness (QED) is 0.438. The number of pyridine rings is 1. The smallest absolute Gasteiger partial charge is 0.142 e. The van der Waals surface area contributed by atoms with Gasteiger partial charge in [0, 0.05) is 16.8 Å². The lowest BCUT2D eigenvalue weighted by Gasteiger charge is -2.16. The molecule has 4 heteroatoms. The van der Waals surface area contributed by atoms with E-state index in [9.17, 15) is 5.26 Å². The van der Waals surface area contributed by atoms with Crippen LogP contribution in [0.5, 0.6) is 5.75 Å². The van der Waals surface area contributed by atoms with Gasteiger partial charge in [-0.25, -0.2) is 4.98 Å². The first-order chi connectivity index (χ1) is 15.1. The van der Waals surface area contributed by atoms with E-state index in [0.717, 1.165) is 39.3 Å². The largest absolute Gasteiger partial charge is 0.489 e. The van der Waals surface area contributed by atoms with Crippen molar-refractivity contribution < 1.29 is 4.74 Å². The summed E-state index contributed by atoms with van der Waals surface area (Å²) >= 11 is 0. The normalized spacial score (nSPS) is 10.5. The minimum absolute atomic E-state index is 0.245. The van der Waals surface area contributed by atoms with Crippen molar-refractivity contribution in [3.8, 4) is 34.1 Å². The standard InChI is InChI=1S/C27H23N3O/c1-18-7-6-8-20(15-18)17-31-23-13-11-22(12-14-23)26-24(16-28)27(29)30-19(2)25(26)21-9-4-3-5-10-21/h3-15H,17H2,1-2H3,(H2,29,30). The average Bonchev–Trinajstić information content (AvgIpc) is 2.78. The second-order valence-corrected chi connectivity index (χ2v) is 7.49. The Morgan fingerprint density at radius 1 is 0.871 bits per heavy atom. The van der Waals surface area contributed by atoms with Crippen LogP contribution in [0, 0.1) is 25.2 Å². The van der Waals surface area contributed by atoms with Crippen molar-refractivity contribution in [3.05, 3.63) is 101 Å². The molecule has 0 bridgehead atoms. The maximum atomic E-state index is 9.82. The zero-order valence-electron chi connectivity index (χ0n) is 17.6. The molecular weight excluding hydrogens is 382 g/mol. The Balaban J connectivity index is 1.71. The zero-order valence-corrected chi connectivity index (χ0v) is 17.6. The van der Waals surface area contributed by atoms with Gasteiger partial charge in [0.25, 0.3) is 0 Å². The van der Waals surface area contributed by atoms with Gasteiger partial charge in [-0.05, 0) is 42.7 Å². The van der Waals surface area contributed by atoms with E-state index in [0.29, 0.717) is 12.2 Å². The van der Waals surface area contributed by atoms with Crippen LogP contribution < -0.4 is 10.5 Å². The number of ether oxygens (including phenoxy) is 1. The number of nitrogen functional groups attached to an aromatic ring is 1. The number of nitrogens with two attached hydrogens (primary N) is 1. The fourth-order valence-electron chi connectivity index (χ4n) is 3.77. The Kier molecular flexibility index (Phi) is 5.68. The summed E-state index contributed by atoms with van der Waals surface area (Å²) in [4.78, 5) is 4.43. The molecule has 0 radical (unpaired) electrons. The first-order valence-corrected chi connectivity index (χ1v) is 10.1. The van der Waals surface area contributed by atoms with Gasteiger partial charge in [0.05, 0.1) is 0 Å². The van der Waals surface area contributed by atoms with Crippen LogP contribution in [0.3, 0.4) is 0 Å². The maximum absolute atomic E-state index is 9.82. The highest BCUT2D eigenvalue weighted by Crippen LogP contribution is 2.39. The first kappa shape index (κ1) is 20.2. The van der Waals surface area contributed by atoms with E-state index in [2.05, 4.69) is 36.2 Å². The summed E-state index contributed by atoms with van der Waals surface area (Å²) in [5.41, 5.74) is 13.2. The van der Waals surface area contributed by atoms with Crippen LogP contribution in [-0.4, -0.2) is 4.98 Å². The van der Waals surface area contributed by atoms with Crippen LogP contribution >= 0.6 is 0 Å². The molecule has 0 saturated carbocycles. The number of nitriles is 1. The van der Waals surface area contributed by atoms with E-state index in [4.69, 9.17) is 10.5 Å². The molecule has 152 valence electrons. The molecule has 1 heterocycles. The Morgan fingerprint density at radius 3 is 2.26 bits per heavy atom. The number of nitrogens with zero attached hydrogens (tertiary/aromatic N) is 2. The molecule has 4 aromatic rings. The van der Waals surface area contributed by atoms with Gasteiger partial charge >= 0.3 is 0 Å². The summed E-state index contributed by atoms with van der Waals surface area (Å²) in [5.74, 6) is 1.01. The van der Waals surface area contributed by atoms with Crippen molar-refractivity contribution in [2.75, 3.05) is 5.73 Å². The highest BCUT2D eigenvalue weighted by atomic mass is 16.5. The molecule has 0 saturated heterocycles. The van der Waals surface area contributed by atoms with Gasteiger partial charge < -0.3 is 10.5 Å². The van der Waals surface area contributed by atoms with Gasteiger partial charge in [0.15, 0.2) is 0 Å². The number of anilines is 1. The third-order valence-corrected chi connectivity index (χ3v) is 5.21. The number of aromatic nitrogens is 1. The van der Waals surface area contributed by atoms with E-state index >= 15 is 0 Å². The summed E-state index contributed by atoms with van der Waals surface area (Å²) in [6, 6.07) is 28.2. The maximum Gasteiger partial charge on any atom is 0.142 e. The molecule has 0 fully saturated rings. The van der Waals surface area contributed by atoms with Crippen LogP contribution in [0.4, 0.5) is 5.82 Å². The van der Waals surface area contributed by atoms with Crippen molar-refractivity contribution in [3.63, 3.8) is 0 Å². The Bertz CT molecular complexity index is 1260. The van der Waals surface area contributed by atoms with Gasteiger partial charge in [-0.1, -0.05) is 72.3 Å². The number of benzene rings is 3. The van der Waals surface area contributed by atoms with Crippen LogP contribution in [0.1, 0.15) is 22.4 Å². The molecule has 0 spiro atoms. The van der Waals surface area contributed by atoms with Crippen molar-refractivity contribution in [2.24, 2.45) is 0 Å². The molecular formula is C27H23N3O. The van der Waals surface area contributed by atoms with Gasteiger partial charge in [-0.15, -0.1) is 0 Å². The average molecular weight is 406 g/mol. The molecule has 0 amide bonds. The van der Waals surface area contributed by atoms with Crippen LogP contribution in [0.2, 0.25) is 0 Å². The summed E-state index contributed by atoms with van der Waals surface area (Å²) in [5, 5.41) is 9.82. The molecule has 0 aliphatic heterocycles. The van der Waals surface area contributed by atoms with Crippen molar-refractivity contribution in [1.29, 1.82) is 5.26 Å². The Labute approximate surface area is 182 Å². The topological polar surface area (TPSA) is 71.9 Å². The summed E-state index contributed by atoms with van der Waals surface area (Å²) in [6.07, 6.45) is 0. The number of rotatable bonds is 5. The van der Waals surface area contributed by atoms with E-state index in [-0.39, 0.29) is 5.82 Å². The Morgan fingerprint density at radius 2 is 1.58 bits per heavy atom. The minimum atomic E-state index is 0.245. The first-order valence-electron chi connectivity index (χ1n) is 10.1. The number of aryl methyl sites for hydroxylation is 2. The molecule has 4 rings (SSSR count). The third kappa shape index (κ3) is 4.26. The monoisotopic (exact) mass is 405 g/mol. The predicted octanol–water partition coefficient (Wildman–Crippen LogP) is 6.07. The van der Waals surface area contributed by atoms with Gasteiger partial charge in [-0.3, -0.25) is 0 Å². The van der Waals surface area contributed by atoms with Crippen LogP contribution in [0.15, 0.2) is 78.9 Å². The second-order valence-electron chi connectivity index (χ2n) is 7.49. The highest BCUT2D eigenvalue weighted by molar-refractivity contribution is 5.91. The van der Waals surface area contributed by atoms with Crippen molar-refractivity contribution in [1.82, 2.24) is 4.98 Å². The second kappa shape index (κ2) is 8.73.